The van der Waals surface area contributed by atoms with Crippen LogP contribution >= 0.6 is 11.6 Å². The largest absolute Gasteiger partial charge is 0.295 e. The molecule has 0 aromatic heterocycles. The van der Waals surface area contributed by atoms with Crippen LogP contribution in [0, 0.1) is 11.8 Å². The first-order chi connectivity index (χ1) is 14.9. The summed E-state index contributed by atoms with van der Waals surface area (Å²) in [7, 11) is 0. The number of fused-ring (bicyclic) bond motifs is 3. The van der Waals surface area contributed by atoms with E-state index >= 15 is 0 Å². The summed E-state index contributed by atoms with van der Waals surface area (Å²) >= 11 is 5.97. The molecule has 0 bridgehead atoms. The summed E-state index contributed by atoms with van der Waals surface area (Å²) in [5.74, 6) is -2.05. The molecule has 7 heteroatoms. The van der Waals surface area contributed by atoms with Gasteiger partial charge >= 0.3 is 0 Å². The van der Waals surface area contributed by atoms with Crippen LogP contribution in [0.4, 0.5) is 5.69 Å². The second kappa shape index (κ2) is 7.39. The molecule has 0 aliphatic carbocycles. The Hall–Kier alpha value is -2.83. The lowest BCUT2D eigenvalue weighted by atomic mass is 9.85. The van der Waals surface area contributed by atoms with Crippen molar-refractivity contribution in [3.63, 3.8) is 0 Å². The molecule has 3 aliphatic rings. The van der Waals surface area contributed by atoms with E-state index in [1.165, 1.54) is 11.8 Å². The number of amides is 2. The van der Waals surface area contributed by atoms with E-state index in [0.717, 1.165) is 12.8 Å². The maximum atomic E-state index is 13.5. The zero-order chi connectivity index (χ0) is 21.9. The van der Waals surface area contributed by atoms with Crippen molar-refractivity contribution < 1.29 is 19.2 Å². The quantitative estimate of drug-likeness (QED) is 0.542. The smallest absolute Gasteiger partial charge is 0.239 e. The lowest BCUT2D eigenvalue weighted by Crippen LogP contribution is -2.46. The van der Waals surface area contributed by atoms with Crippen molar-refractivity contribution in [2.45, 2.75) is 31.8 Å². The maximum Gasteiger partial charge on any atom is 0.239 e. The van der Waals surface area contributed by atoms with Crippen molar-refractivity contribution in [2.24, 2.45) is 11.8 Å². The number of ketones is 2. The number of carbonyl (C=O) groups is 4. The lowest BCUT2D eigenvalue weighted by molar-refractivity contribution is -0.123. The Morgan fingerprint density at radius 3 is 2.16 bits per heavy atom. The predicted octanol–water partition coefficient (Wildman–Crippen LogP) is 3.38. The fraction of sp³-hybridized carbons (Fsp3) is 0.333. The van der Waals surface area contributed by atoms with Gasteiger partial charge in [0.15, 0.2) is 11.6 Å². The molecule has 158 valence electrons. The van der Waals surface area contributed by atoms with Crippen molar-refractivity contribution in [3.8, 4) is 0 Å². The molecule has 5 rings (SSSR count). The Morgan fingerprint density at radius 2 is 1.52 bits per heavy atom. The van der Waals surface area contributed by atoms with Crippen LogP contribution in [0.5, 0.6) is 0 Å². The van der Waals surface area contributed by atoms with Crippen LogP contribution in [0.25, 0.3) is 0 Å². The molecule has 31 heavy (non-hydrogen) atoms. The number of rotatable bonds is 4. The van der Waals surface area contributed by atoms with Crippen molar-refractivity contribution in [2.75, 3.05) is 11.4 Å². The molecule has 0 saturated carbocycles. The molecular formula is C24H21ClN2O4. The summed E-state index contributed by atoms with van der Waals surface area (Å²) < 4.78 is 0. The molecule has 2 aromatic carbocycles. The fourth-order valence-electron chi connectivity index (χ4n) is 5.40. The summed E-state index contributed by atoms with van der Waals surface area (Å²) in [6.07, 6.45) is 1.69. The summed E-state index contributed by atoms with van der Waals surface area (Å²) in [4.78, 5) is 55.2. The number of benzene rings is 2. The second-order valence-corrected chi connectivity index (χ2v) is 8.87. The average Bonchev–Trinajstić information content (AvgIpc) is 3.40. The minimum Gasteiger partial charge on any atom is -0.295 e. The number of halogens is 1. The van der Waals surface area contributed by atoms with Crippen LogP contribution < -0.4 is 4.90 Å². The van der Waals surface area contributed by atoms with Gasteiger partial charge in [0.25, 0.3) is 0 Å². The van der Waals surface area contributed by atoms with Gasteiger partial charge in [0.05, 0.1) is 23.6 Å². The van der Waals surface area contributed by atoms with Gasteiger partial charge in [-0.1, -0.05) is 11.6 Å². The first-order valence-electron chi connectivity index (χ1n) is 10.4. The summed E-state index contributed by atoms with van der Waals surface area (Å²) in [5, 5.41) is 0.534. The highest BCUT2D eigenvalue weighted by atomic mass is 35.5. The van der Waals surface area contributed by atoms with Gasteiger partial charge < -0.3 is 0 Å². The van der Waals surface area contributed by atoms with Crippen LogP contribution in [-0.2, 0) is 9.59 Å². The maximum absolute atomic E-state index is 13.5. The molecular weight excluding hydrogens is 416 g/mol. The average molecular weight is 437 g/mol. The molecule has 3 aliphatic heterocycles. The van der Waals surface area contributed by atoms with E-state index in [9.17, 15) is 19.2 Å². The Bertz CT molecular complexity index is 1100. The molecule has 3 heterocycles. The van der Waals surface area contributed by atoms with Gasteiger partial charge in [-0.25, -0.2) is 4.90 Å². The van der Waals surface area contributed by atoms with Crippen LogP contribution in [-0.4, -0.2) is 46.9 Å². The third-order valence-electron chi connectivity index (χ3n) is 6.78. The lowest BCUT2D eigenvalue weighted by Gasteiger charge is -2.27. The molecule has 3 saturated heterocycles. The van der Waals surface area contributed by atoms with Crippen LogP contribution in [0.2, 0.25) is 5.02 Å². The van der Waals surface area contributed by atoms with Crippen molar-refractivity contribution >= 4 is 40.7 Å². The molecule has 6 nitrogen and oxygen atoms in total. The number of hydrogen-bond donors (Lipinski definition) is 0. The molecule has 2 aromatic rings. The minimum absolute atomic E-state index is 0.0854. The summed E-state index contributed by atoms with van der Waals surface area (Å²) in [6.45, 7) is 2.17. The third kappa shape index (κ3) is 3.05. The van der Waals surface area contributed by atoms with E-state index in [-0.39, 0.29) is 29.4 Å². The van der Waals surface area contributed by atoms with E-state index in [1.807, 2.05) is 0 Å². The summed E-state index contributed by atoms with van der Waals surface area (Å²) in [6, 6.07) is 12.4. The highest BCUT2D eigenvalue weighted by Crippen LogP contribution is 2.48. The fourth-order valence-corrected chi connectivity index (χ4v) is 5.53. The van der Waals surface area contributed by atoms with E-state index in [4.69, 9.17) is 11.6 Å². The molecule has 0 N–H and O–H groups in total. The Labute approximate surface area is 184 Å². The van der Waals surface area contributed by atoms with E-state index in [0.29, 0.717) is 28.4 Å². The first kappa shape index (κ1) is 20.1. The Kier molecular flexibility index (Phi) is 4.79. The molecule has 3 fully saturated rings. The number of nitrogens with zero attached hydrogens (tertiary/aromatic N) is 2. The van der Waals surface area contributed by atoms with E-state index in [1.54, 1.807) is 48.5 Å². The normalized spacial score (nSPS) is 27.5. The van der Waals surface area contributed by atoms with Gasteiger partial charge in [-0.15, -0.1) is 0 Å². The molecule has 4 atom stereocenters. The Balaban J connectivity index is 1.52. The predicted molar refractivity (Wildman–Crippen MR) is 115 cm³/mol. The number of hydrogen-bond acceptors (Lipinski definition) is 5. The summed E-state index contributed by atoms with van der Waals surface area (Å²) in [5.41, 5.74) is 1.45. The Morgan fingerprint density at radius 1 is 0.903 bits per heavy atom. The highest BCUT2D eigenvalue weighted by molar-refractivity contribution is 6.30. The van der Waals surface area contributed by atoms with Gasteiger partial charge in [-0.2, -0.15) is 0 Å². The van der Waals surface area contributed by atoms with Crippen molar-refractivity contribution in [1.29, 1.82) is 0 Å². The minimum atomic E-state index is -0.700. The van der Waals surface area contributed by atoms with Gasteiger partial charge in [0, 0.05) is 22.2 Å². The monoisotopic (exact) mass is 436 g/mol. The van der Waals surface area contributed by atoms with Crippen LogP contribution in [0.3, 0.4) is 0 Å². The number of imide groups is 1. The van der Waals surface area contributed by atoms with E-state index < -0.39 is 17.9 Å². The third-order valence-corrected chi connectivity index (χ3v) is 7.03. The molecule has 0 unspecified atom stereocenters. The highest BCUT2D eigenvalue weighted by Gasteiger charge is 2.64. The van der Waals surface area contributed by atoms with Gasteiger partial charge in [-0.05, 0) is 74.8 Å². The van der Waals surface area contributed by atoms with Crippen molar-refractivity contribution in [3.05, 3.63) is 64.7 Å². The molecule has 0 radical (unpaired) electrons. The number of carbonyl (C=O) groups excluding carboxylic acids is 4. The first-order valence-corrected chi connectivity index (χ1v) is 10.8. The zero-order valence-corrected chi connectivity index (χ0v) is 17.7. The van der Waals surface area contributed by atoms with Crippen LogP contribution in [0.15, 0.2) is 48.5 Å². The van der Waals surface area contributed by atoms with Gasteiger partial charge in [-0.3, -0.25) is 24.1 Å². The van der Waals surface area contributed by atoms with Crippen molar-refractivity contribution in [1.82, 2.24) is 4.90 Å². The number of Topliss-reactive ketones (excluding diaryl/α,β-unsaturated/α-hetero) is 2. The second-order valence-electron chi connectivity index (χ2n) is 8.43. The molecule has 0 spiro atoms. The SMILES string of the molecule is CC(=O)c1ccc(N2C(=O)[C@@H]3[C@@H](C2=O)[C@@H](C(=O)c2ccc(Cl)cc2)N2CCC[C@H]32)cc1. The zero-order valence-electron chi connectivity index (χ0n) is 17.0. The van der Waals surface area contributed by atoms with Gasteiger partial charge in [0.1, 0.15) is 0 Å². The molecule has 2 amide bonds. The standard InChI is InChI=1S/C24H21ClN2O4/c1-13(28)14-6-10-17(11-7-14)27-23(30)19-18-3-2-12-26(18)21(20(19)24(27)31)22(29)15-4-8-16(25)9-5-15/h4-11,18-21H,2-3,12H2,1H3/t18-,19+,20-,21+/m1/s1. The van der Waals surface area contributed by atoms with E-state index in [2.05, 4.69) is 4.90 Å². The topological polar surface area (TPSA) is 74.8 Å². The van der Waals surface area contributed by atoms with Crippen LogP contribution in [0.1, 0.15) is 40.5 Å². The number of anilines is 1. The van der Waals surface area contributed by atoms with Gasteiger partial charge in [0.2, 0.25) is 11.8 Å².